The number of rotatable bonds is 6. The molecule has 0 bridgehead atoms. The molecule has 2 unspecified atom stereocenters. The van der Waals surface area contributed by atoms with Gasteiger partial charge in [-0.2, -0.15) is 9.13 Å². The number of aromatic nitrogens is 2. The zero-order valence-corrected chi connectivity index (χ0v) is 28.6. The third-order valence-corrected chi connectivity index (χ3v) is 12.1. The third kappa shape index (κ3) is 3.87. The van der Waals surface area contributed by atoms with Crippen LogP contribution < -0.4 is 9.13 Å². The predicted molar refractivity (Wildman–Crippen MR) is 186 cm³/mol. The van der Waals surface area contributed by atoms with Gasteiger partial charge in [-0.3, -0.25) is 0 Å². The summed E-state index contributed by atoms with van der Waals surface area (Å²) < 4.78 is 21.6. The van der Waals surface area contributed by atoms with Gasteiger partial charge in [-0.05, 0) is 84.9 Å². The maximum absolute atomic E-state index is 16.4. The van der Waals surface area contributed by atoms with Gasteiger partial charge in [0.2, 0.25) is 23.5 Å². The molecule has 0 fully saturated rings. The molecule has 3 heteroatoms. The van der Waals surface area contributed by atoms with Crippen LogP contribution >= 0.6 is 0 Å². The van der Waals surface area contributed by atoms with E-state index >= 15 is 4.39 Å². The van der Waals surface area contributed by atoms with Gasteiger partial charge in [0.25, 0.3) is 0 Å². The van der Waals surface area contributed by atoms with Crippen LogP contribution in [0.4, 0.5) is 4.39 Å². The van der Waals surface area contributed by atoms with Gasteiger partial charge in [0.05, 0.1) is 16.4 Å². The molecule has 5 aromatic rings. The Hall–Kier alpha value is -3.85. The van der Waals surface area contributed by atoms with Gasteiger partial charge in [-0.1, -0.05) is 76.9 Å². The molecule has 3 aromatic carbocycles. The first kappa shape index (κ1) is 29.5. The van der Waals surface area contributed by atoms with E-state index in [4.69, 9.17) is 0 Å². The summed E-state index contributed by atoms with van der Waals surface area (Å²) in [4.78, 5) is 0. The second-order valence-corrected chi connectivity index (χ2v) is 15.0. The molecule has 0 saturated heterocycles. The molecule has 4 heterocycles. The van der Waals surface area contributed by atoms with Gasteiger partial charge in [0.1, 0.15) is 5.82 Å². The van der Waals surface area contributed by atoms with Crippen LogP contribution in [0.3, 0.4) is 0 Å². The van der Waals surface area contributed by atoms with Gasteiger partial charge >= 0.3 is 0 Å². The summed E-state index contributed by atoms with van der Waals surface area (Å²) in [5.41, 5.74) is 13.3. The Morgan fingerprint density at radius 2 is 1.59 bits per heavy atom. The molecule has 234 valence electrons. The molecule has 0 spiro atoms. The van der Waals surface area contributed by atoms with Crippen LogP contribution in [0, 0.1) is 19.7 Å². The topological polar surface area (TPSA) is 7.76 Å². The van der Waals surface area contributed by atoms with Crippen LogP contribution in [-0.4, -0.2) is 0 Å². The molecule has 2 aromatic heterocycles. The lowest BCUT2D eigenvalue weighted by molar-refractivity contribution is -0.815. The van der Waals surface area contributed by atoms with Crippen LogP contribution in [0.1, 0.15) is 111 Å². The number of hydrogen-bond donors (Lipinski definition) is 0. The second kappa shape index (κ2) is 10.3. The van der Waals surface area contributed by atoms with Crippen molar-refractivity contribution in [3.05, 3.63) is 118 Å². The molecule has 46 heavy (non-hydrogen) atoms. The largest absolute Gasteiger partial charge is 0.229 e. The van der Waals surface area contributed by atoms with Gasteiger partial charge in [0, 0.05) is 41.2 Å². The van der Waals surface area contributed by atoms with E-state index < -0.39 is 5.41 Å². The van der Waals surface area contributed by atoms with Gasteiger partial charge in [-0.25, -0.2) is 4.39 Å². The quantitative estimate of drug-likeness (QED) is 0.169. The molecule has 2 atom stereocenters. The average molecular weight is 611 g/mol. The van der Waals surface area contributed by atoms with Crippen LogP contribution in [0.25, 0.3) is 33.3 Å². The fraction of sp³-hybridized carbons (Fsp3) is 0.395. The highest BCUT2D eigenvalue weighted by atomic mass is 19.1. The number of pyridine rings is 2. The Kier molecular flexibility index (Phi) is 6.63. The van der Waals surface area contributed by atoms with Crippen LogP contribution in [0.2, 0.25) is 0 Å². The first-order valence-corrected chi connectivity index (χ1v) is 17.6. The van der Waals surface area contributed by atoms with Crippen molar-refractivity contribution in [3.63, 3.8) is 0 Å². The molecule has 3 aliphatic rings. The second-order valence-electron chi connectivity index (χ2n) is 15.0. The molecule has 2 nitrogen and oxygen atoms in total. The first-order valence-electron chi connectivity index (χ1n) is 17.6. The van der Waals surface area contributed by atoms with E-state index in [2.05, 4.69) is 125 Å². The predicted octanol–water partition coefficient (Wildman–Crippen LogP) is 9.90. The highest BCUT2D eigenvalue weighted by Crippen LogP contribution is 2.58. The number of fused-ring (bicyclic) bond motifs is 3. The molecule has 0 amide bonds. The zero-order chi connectivity index (χ0) is 32.1. The molecule has 0 N–H and O–H groups in total. The van der Waals surface area contributed by atoms with Gasteiger partial charge < -0.3 is 0 Å². The fourth-order valence-corrected chi connectivity index (χ4v) is 9.82. The minimum Gasteiger partial charge on any atom is -0.207 e. The summed E-state index contributed by atoms with van der Waals surface area (Å²) in [5.74, 6) is -0.0753. The van der Waals surface area contributed by atoms with Crippen LogP contribution in [0.5, 0.6) is 0 Å². The van der Waals surface area contributed by atoms with Gasteiger partial charge in [0.15, 0.2) is 12.4 Å². The van der Waals surface area contributed by atoms with E-state index in [1.807, 2.05) is 0 Å². The lowest BCUT2D eigenvalue weighted by Gasteiger charge is -2.46. The lowest BCUT2D eigenvalue weighted by Crippen LogP contribution is -2.65. The highest BCUT2D eigenvalue weighted by molar-refractivity contribution is 6.01. The van der Waals surface area contributed by atoms with Crippen molar-refractivity contribution >= 4 is 10.8 Å². The van der Waals surface area contributed by atoms with Crippen LogP contribution in [0.15, 0.2) is 73.1 Å². The maximum atomic E-state index is 16.4. The Morgan fingerprint density at radius 3 is 2.35 bits per heavy atom. The monoisotopic (exact) mass is 610 g/mol. The summed E-state index contributed by atoms with van der Waals surface area (Å²) in [6, 6.07) is 23.2. The number of benzene rings is 3. The Bertz CT molecular complexity index is 2060. The Balaban J connectivity index is 1.48. The van der Waals surface area contributed by atoms with Crippen molar-refractivity contribution in [1.29, 1.82) is 0 Å². The van der Waals surface area contributed by atoms with E-state index in [1.165, 1.54) is 61.1 Å². The number of nitrogens with zero attached hydrogens (tertiary/aromatic N) is 2. The number of aryl methyl sites for hydroxylation is 3. The van der Waals surface area contributed by atoms with E-state index in [9.17, 15) is 0 Å². The minimum absolute atomic E-state index is 0.0753. The molecule has 8 rings (SSSR count). The molecule has 0 saturated carbocycles. The summed E-state index contributed by atoms with van der Waals surface area (Å²) in [6.07, 6.45) is 11.0. The molecule has 2 aliphatic heterocycles. The van der Waals surface area contributed by atoms with Crippen molar-refractivity contribution in [2.75, 3.05) is 0 Å². The Labute approximate surface area is 273 Å². The lowest BCUT2D eigenvalue weighted by atomic mass is 9.58. The molecular weight excluding hydrogens is 563 g/mol. The third-order valence-electron chi connectivity index (χ3n) is 12.1. The number of halogens is 1. The van der Waals surface area contributed by atoms with E-state index in [1.54, 1.807) is 6.07 Å². The van der Waals surface area contributed by atoms with E-state index in [-0.39, 0.29) is 23.3 Å². The maximum Gasteiger partial charge on any atom is 0.229 e. The normalized spacial score (nSPS) is 19.6. The Morgan fingerprint density at radius 1 is 0.826 bits per heavy atom. The number of unbranched alkanes of at least 4 members (excludes halogenated alkanes) is 1. The molecule has 0 radical (unpaired) electrons. The summed E-state index contributed by atoms with van der Waals surface area (Å²) in [5, 5.41) is 2.61. The zero-order valence-electron chi connectivity index (χ0n) is 28.6. The van der Waals surface area contributed by atoms with Crippen molar-refractivity contribution in [2.45, 2.75) is 110 Å². The highest BCUT2D eigenvalue weighted by Gasteiger charge is 2.60. The summed E-state index contributed by atoms with van der Waals surface area (Å²) >= 11 is 0. The smallest absolute Gasteiger partial charge is 0.207 e. The standard InChI is InChI=1S/C43H47FN2/c1-8-11-12-28-23-30-18-20-46-40-37(30)33(24-28)42(6,7)39-34(44)16-15-32(38(39)40)43(9-2,10-3)41(46)36-25-29-14-13-26(4)21-31(29)35-22-27(5)17-19-45(35)36/h13-24,36,41H,8-12,25H2,1-7H3/q+2. The number of hydrogen-bond acceptors (Lipinski definition) is 0. The SMILES string of the molecule is CCCCc1cc2c3c4[n+](ccc3c1)C(C1Cc3ccc(C)cc3-c3cc(C)cc[n+]31)C(CC)(CC)c1ccc(F)c(c1-4)C2(C)C. The minimum atomic E-state index is -0.442. The van der Waals surface area contributed by atoms with Crippen molar-refractivity contribution < 1.29 is 13.5 Å². The fourth-order valence-electron chi connectivity index (χ4n) is 9.82. The molecule has 1 aliphatic carbocycles. The van der Waals surface area contributed by atoms with Gasteiger partial charge in [-0.15, -0.1) is 0 Å². The van der Waals surface area contributed by atoms with Crippen molar-refractivity contribution in [1.82, 2.24) is 0 Å². The first-order chi connectivity index (χ1) is 22.1. The van der Waals surface area contributed by atoms with Crippen molar-refractivity contribution in [3.8, 4) is 22.5 Å². The van der Waals surface area contributed by atoms with E-state index in [0.717, 1.165) is 49.7 Å². The molecular formula is C43H47FN2+2. The summed E-state index contributed by atoms with van der Waals surface area (Å²) in [7, 11) is 0. The summed E-state index contributed by atoms with van der Waals surface area (Å²) in [6.45, 7) is 15.9. The van der Waals surface area contributed by atoms with E-state index in [0.29, 0.717) is 0 Å². The van der Waals surface area contributed by atoms with Crippen LogP contribution in [-0.2, 0) is 23.7 Å². The van der Waals surface area contributed by atoms with Crippen molar-refractivity contribution in [2.24, 2.45) is 0 Å². The average Bonchev–Trinajstić information content (AvgIpc) is 3.05.